The fourth-order valence-corrected chi connectivity index (χ4v) is 2.07. The first-order valence-corrected chi connectivity index (χ1v) is 6.37. The Morgan fingerprint density at radius 3 is 3.00 bits per heavy atom. The molecule has 4 heteroatoms. The average Bonchev–Trinajstić information content (AvgIpc) is 2.29. The highest BCUT2D eigenvalue weighted by molar-refractivity contribution is 7.99. The second-order valence-corrected chi connectivity index (χ2v) is 4.70. The van der Waals surface area contributed by atoms with E-state index in [9.17, 15) is 0 Å². The van der Waals surface area contributed by atoms with E-state index in [4.69, 9.17) is 0 Å². The first kappa shape index (κ1) is 12.5. The lowest BCUT2D eigenvalue weighted by Gasteiger charge is -2.08. The molecule has 0 aliphatic rings. The summed E-state index contributed by atoms with van der Waals surface area (Å²) < 4.78 is 0. The largest absolute Gasteiger partial charge is 0.317 e. The van der Waals surface area contributed by atoms with E-state index in [1.54, 1.807) is 12.5 Å². The highest BCUT2D eigenvalue weighted by Crippen LogP contribution is 2.15. The van der Waals surface area contributed by atoms with Crippen molar-refractivity contribution in [2.24, 2.45) is 0 Å². The van der Waals surface area contributed by atoms with Crippen LogP contribution < -0.4 is 5.32 Å². The van der Waals surface area contributed by atoms with E-state index in [-0.39, 0.29) is 0 Å². The molecule has 0 aromatic carbocycles. The number of rotatable bonds is 7. The first-order valence-electron chi connectivity index (χ1n) is 5.39. The Balaban J connectivity index is 2.03. The predicted octanol–water partition coefficient (Wildman–Crippen LogP) is 2.35. The molecule has 1 atom stereocenters. The third-order valence-electron chi connectivity index (χ3n) is 2.33. The molecule has 0 spiro atoms. The highest BCUT2D eigenvalue weighted by atomic mass is 32.2. The standard InChI is InChI=1S/C11H19N3S/c1-10(12-2)5-3-4-8-15-11-6-7-13-9-14-11/h6-7,9-10,12H,3-5,8H2,1-2H3. The van der Waals surface area contributed by atoms with Gasteiger partial charge in [0.2, 0.25) is 0 Å². The topological polar surface area (TPSA) is 37.8 Å². The van der Waals surface area contributed by atoms with E-state index in [1.807, 2.05) is 24.9 Å². The Morgan fingerprint density at radius 1 is 1.47 bits per heavy atom. The van der Waals surface area contributed by atoms with Gasteiger partial charge in [-0.25, -0.2) is 9.97 Å². The van der Waals surface area contributed by atoms with Gasteiger partial charge in [-0.05, 0) is 38.6 Å². The van der Waals surface area contributed by atoms with Gasteiger partial charge >= 0.3 is 0 Å². The summed E-state index contributed by atoms with van der Waals surface area (Å²) in [6, 6.07) is 2.59. The van der Waals surface area contributed by atoms with Crippen LogP contribution in [-0.4, -0.2) is 28.8 Å². The molecule has 0 fully saturated rings. The van der Waals surface area contributed by atoms with Crippen LogP contribution >= 0.6 is 11.8 Å². The molecule has 3 nitrogen and oxygen atoms in total. The molecule has 0 saturated carbocycles. The van der Waals surface area contributed by atoms with Crippen LogP contribution in [0.2, 0.25) is 0 Å². The molecule has 1 aromatic rings. The van der Waals surface area contributed by atoms with Gasteiger partial charge in [0.1, 0.15) is 6.33 Å². The normalized spacial score (nSPS) is 12.7. The van der Waals surface area contributed by atoms with Crippen LogP contribution in [0.4, 0.5) is 0 Å². The van der Waals surface area contributed by atoms with Crippen molar-refractivity contribution >= 4 is 11.8 Å². The summed E-state index contributed by atoms with van der Waals surface area (Å²) in [7, 11) is 2.01. The molecule has 1 N–H and O–H groups in total. The smallest absolute Gasteiger partial charge is 0.116 e. The number of nitrogens with one attached hydrogen (secondary N) is 1. The SMILES string of the molecule is CNC(C)CCCCSc1ccncn1. The molecule has 0 aliphatic carbocycles. The van der Waals surface area contributed by atoms with Crippen molar-refractivity contribution in [3.8, 4) is 0 Å². The van der Waals surface area contributed by atoms with Gasteiger partial charge in [0.15, 0.2) is 0 Å². The summed E-state index contributed by atoms with van der Waals surface area (Å²) >= 11 is 1.81. The minimum absolute atomic E-state index is 0.633. The van der Waals surface area contributed by atoms with Crippen LogP contribution in [-0.2, 0) is 0 Å². The van der Waals surface area contributed by atoms with Crippen molar-refractivity contribution in [2.45, 2.75) is 37.3 Å². The minimum atomic E-state index is 0.633. The summed E-state index contributed by atoms with van der Waals surface area (Å²) in [4.78, 5) is 8.06. The molecule has 15 heavy (non-hydrogen) atoms. The molecule has 1 unspecified atom stereocenters. The quantitative estimate of drug-likeness (QED) is 0.439. The highest BCUT2D eigenvalue weighted by Gasteiger charge is 1.98. The molecule has 1 aromatic heterocycles. The second kappa shape index (κ2) is 7.65. The van der Waals surface area contributed by atoms with Crippen molar-refractivity contribution in [3.63, 3.8) is 0 Å². The van der Waals surface area contributed by atoms with E-state index in [0.717, 1.165) is 10.8 Å². The maximum atomic E-state index is 4.17. The van der Waals surface area contributed by atoms with Crippen LogP contribution in [0.15, 0.2) is 23.6 Å². The van der Waals surface area contributed by atoms with E-state index in [0.29, 0.717) is 6.04 Å². The van der Waals surface area contributed by atoms with Crippen molar-refractivity contribution in [1.82, 2.24) is 15.3 Å². The Hall–Kier alpha value is -0.610. The van der Waals surface area contributed by atoms with Gasteiger partial charge in [-0.2, -0.15) is 0 Å². The van der Waals surface area contributed by atoms with E-state index in [2.05, 4.69) is 22.2 Å². The molecular formula is C11H19N3S. The van der Waals surface area contributed by atoms with Crippen molar-refractivity contribution < 1.29 is 0 Å². The van der Waals surface area contributed by atoms with Crippen LogP contribution in [0.1, 0.15) is 26.2 Å². The summed E-state index contributed by atoms with van der Waals surface area (Å²) in [5, 5.41) is 4.32. The zero-order chi connectivity index (χ0) is 10.9. The van der Waals surface area contributed by atoms with Gasteiger partial charge in [-0.15, -0.1) is 11.8 Å². The number of nitrogens with zero attached hydrogens (tertiary/aromatic N) is 2. The average molecular weight is 225 g/mol. The van der Waals surface area contributed by atoms with Crippen LogP contribution in [0.3, 0.4) is 0 Å². The van der Waals surface area contributed by atoms with Crippen LogP contribution in [0.5, 0.6) is 0 Å². The monoisotopic (exact) mass is 225 g/mol. The first-order chi connectivity index (χ1) is 7.33. The molecule has 84 valence electrons. The van der Waals surface area contributed by atoms with Gasteiger partial charge in [0.05, 0.1) is 5.03 Å². The lowest BCUT2D eigenvalue weighted by molar-refractivity contribution is 0.539. The van der Waals surface area contributed by atoms with Gasteiger partial charge < -0.3 is 5.32 Å². The third-order valence-corrected chi connectivity index (χ3v) is 3.36. The summed E-state index contributed by atoms with van der Waals surface area (Å²) in [6.07, 6.45) is 7.17. The maximum absolute atomic E-state index is 4.17. The number of thioether (sulfide) groups is 1. The zero-order valence-electron chi connectivity index (χ0n) is 9.44. The van der Waals surface area contributed by atoms with Gasteiger partial charge in [0.25, 0.3) is 0 Å². The van der Waals surface area contributed by atoms with Crippen molar-refractivity contribution in [2.75, 3.05) is 12.8 Å². The summed E-state index contributed by atoms with van der Waals surface area (Å²) in [6.45, 7) is 2.22. The third kappa shape index (κ3) is 5.74. The molecule has 1 heterocycles. The molecule has 0 bridgehead atoms. The summed E-state index contributed by atoms with van der Waals surface area (Å²) in [5.41, 5.74) is 0. The Morgan fingerprint density at radius 2 is 2.33 bits per heavy atom. The number of unbranched alkanes of at least 4 members (excludes halogenated alkanes) is 1. The molecule has 0 saturated heterocycles. The predicted molar refractivity (Wildman–Crippen MR) is 65.1 cm³/mol. The Labute approximate surface area is 96.1 Å². The Bertz CT molecular complexity index is 253. The maximum Gasteiger partial charge on any atom is 0.116 e. The minimum Gasteiger partial charge on any atom is -0.317 e. The van der Waals surface area contributed by atoms with Crippen molar-refractivity contribution in [3.05, 3.63) is 18.6 Å². The van der Waals surface area contributed by atoms with E-state index < -0.39 is 0 Å². The lowest BCUT2D eigenvalue weighted by Crippen LogP contribution is -2.20. The fraction of sp³-hybridized carbons (Fsp3) is 0.636. The fourth-order valence-electron chi connectivity index (χ4n) is 1.24. The molecule has 0 radical (unpaired) electrons. The van der Waals surface area contributed by atoms with E-state index in [1.165, 1.54) is 19.3 Å². The van der Waals surface area contributed by atoms with Gasteiger partial charge in [-0.1, -0.05) is 6.42 Å². The number of aromatic nitrogens is 2. The van der Waals surface area contributed by atoms with Gasteiger partial charge in [-0.3, -0.25) is 0 Å². The number of hydrogen-bond acceptors (Lipinski definition) is 4. The van der Waals surface area contributed by atoms with Crippen LogP contribution in [0.25, 0.3) is 0 Å². The van der Waals surface area contributed by atoms with Crippen molar-refractivity contribution in [1.29, 1.82) is 0 Å². The second-order valence-electron chi connectivity index (χ2n) is 3.58. The number of hydrogen-bond donors (Lipinski definition) is 1. The zero-order valence-corrected chi connectivity index (χ0v) is 10.3. The van der Waals surface area contributed by atoms with E-state index >= 15 is 0 Å². The van der Waals surface area contributed by atoms with Gasteiger partial charge in [0, 0.05) is 12.2 Å². The molecular weight excluding hydrogens is 206 g/mol. The Kier molecular flexibility index (Phi) is 6.36. The van der Waals surface area contributed by atoms with Crippen LogP contribution in [0, 0.1) is 0 Å². The molecule has 1 rings (SSSR count). The molecule has 0 amide bonds. The molecule has 0 aliphatic heterocycles. The lowest BCUT2D eigenvalue weighted by atomic mass is 10.1. The summed E-state index contributed by atoms with van der Waals surface area (Å²) in [5.74, 6) is 1.15.